The van der Waals surface area contributed by atoms with E-state index in [1.165, 1.54) is 11.1 Å². The molecule has 1 heterocycles. The molecule has 4 heteroatoms. The van der Waals surface area contributed by atoms with Crippen molar-refractivity contribution in [1.82, 2.24) is 10.3 Å². The van der Waals surface area contributed by atoms with Gasteiger partial charge in [0.1, 0.15) is 5.75 Å². The van der Waals surface area contributed by atoms with Crippen molar-refractivity contribution in [3.63, 3.8) is 0 Å². The third kappa shape index (κ3) is 4.73. The monoisotopic (exact) mass is 304 g/mol. The number of hydrogen-bond donors (Lipinski definition) is 1. The van der Waals surface area contributed by atoms with E-state index in [0.717, 1.165) is 30.8 Å². The predicted molar refractivity (Wildman–Crippen MR) is 87.2 cm³/mol. The second-order valence-corrected chi connectivity index (χ2v) is 5.62. The van der Waals surface area contributed by atoms with Gasteiger partial charge in [0.15, 0.2) is 0 Å². The van der Waals surface area contributed by atoms with E-state index in [2.05, 4.69) is 37.1 Å². The predicted octanol–water partition coefficient (Wildman–Crippen LogP) is 4.64. The van der Waals surface area contributed by atoms with Gasteiger partial charge in [0.2, 0.25) is 5.88 Å². The van der Waals surface area contributed by atoms with Gasteiger partial charge in [-0.2, -0.15) is 0 Å². The molecule has 0 atom stereocenters. The standard InChI is InChI=1S/C17H21ClN2O/c1-4-5-19-10-14-9-17(20-11-16(14)18)21-15-7-12(2)6-13(3)8-15/h6-9,11,19H,4-5,10H2,1-3H3. The molecule has 1 aromatic heterocycles. The summed E-state index contributed by atoms with van der Waals surface area (Å²) in [6.45, 7) is 7.92. The Bertz CT molecular complexity index is 593. The fraction of sp³-hybridized carbons (Fsp3) is 0.353. The topological polar surface area (TPSA) is 34.1 Å². The van der Waals surface area contributed by atoms with Gasteiger partial charge < -0.3 is 10.1 Å². The molecule has 0 saturated carbocycles. The molecule has 0 aliphatic heterocycles. The summed E-state index contributed by atoms with van der Waals surface area (Å²) in [6.07, 6.45) is 2.73. The van der Waals surface area contributed by atoms with E-state index in [0.29, 0.717) is 10.9 Å². The highest BCUT2D eigenvalue weighted by molar-refractivity contribution is 6.31. The molecule has 1 aromatic carbocycles. The molecule has 0 aliphatic carbocycles. The summed E-state index contributed by atoms with van der Waals surface area (Å²) in [6, 6.07) is 8.00. The Morgan fingerprint density at radius 1 is 1.14 bits per heavy atom. The zero-order chi connectivity index (χ0) is 15.2. The Kier molecular flexibility index (Phi) is 5.59. The molecule has 2 aromatic rings. The van der Waals surface area contributed by atoms with Crippen LogP contribution in [0.4, 0.5) is 0 Å². The van der Waals surface area contributed by atoms with Crippen molar-refractivity contribution in [3.05, 3.63) is 52.2 Å². The van der Waals surface area contributed by atoms with Gasteiger partial charge in [-0.25, -0.2) is 4.98 Å². The van der Waals surface area contributed by atoms with E-state index in [1.54, 1.807) is 6.20 Å². The van der Waals surface area contributed by atoms with Crippen LogP contribution in [0.3, 0.4) is 0 Å². The molecular weight excluding hydrogens is 284 g/mol. The summed E-state index contributed by atoms with van der Waals surface area (Å²) in [7, 11) is 0. The average Bonchev–Trinajstić information content (AvgIpc) is 2.41. The Hall–Kier alpha value is -1.58. The molecule has 0 amide bonds. The average molecular weight is 305 g/mol. The number of rotatable bonds is 6. The largest absolute Gasteiger partial charge is 0.439 e. The number of aromatic nitrogens is 1. The van der Waals surface area contributed by atoms with Gasteiger partial charge in [0, 0.05) is 18.8 Å². The lowest BCUT2D eigenvalue weighted by molar-refractivity contribution is 0.461. The molecule has 0 fully saturated rings. The zero-order valence-electron chi connectivity index (χ0n) is 12.7. The number of nitrogens with one attached hydrogen (secondary N) is 1. The van der Waals surface area contributed by atoms with Gasteiger partial charge in [-0.05, 0) is 55.6 Å². The highest BCUT2D eigenvalue weighted by Crippen LogP contribution is 2.25. The number of aryl methyl sites for hydroxylation is 2. The summed E-state index contributed by atoms with van der Waals surface area (Å²) in [5.74, 6) is 1.37. The maximum Gasteiger partial charge on any atom is 0.219 e. The van der Waals surface area contributed by atoms with Crippen LogP contribution in [0.2, 0.25) is 5.02 Å². The van der Waals surface area contributed by atoms with Crippen molar-refractivity contribution >= 4 is 11.6 Å². The molecule has 0 radical (unpaired) electrons. The first-order chi connectivity index (χ1) is 10.1. The lowest BCUT2D eigenvalue weighted by Gasteiger charge is -2.10. The van der Waals surface area contributed by atoms with Gasteiger partial charge in [-0.15, -0.1) is 0 Å². The molecule has 0 saturated heterocycles. The second-order valence-electron chi connectivity index (χ2n) is 5.22. The smallest absolute Gasteiger partial charge is 0.219 e. The van der Waals surface area contributed by atoms with E-state index in [9.17, 15) is 0 Å². The highest BCUT2D eigenvalue weighted by atomic mass is 35.5. The number of hydrogen-bond acceptors (Lipinski definition) is 3. The van der Waals surface area contributed by atoms with Crippen LogP contribution >= 0.6 is 11.6 Å². The maximum atomic E-state index is 6.17. The van der Waals surface area contributed by atoms with Crippen LogP contribution in [0.1, 0.15) is 30.0 Å². The van der Waals surface area contributed by atoms with Crippen LogP contribution in [-0.2, 0) is 6.54 Å². The van der Waals surface area contributed by atoms with Crippen LogP contribution in [0.15, 0.2) is 30.5 Å². The third-order valence-corrected chi connectivity index (χ3v) is 3.41. The van der Waals surface area contributed by atoms with Crippen LogP contribution in [0.5, 0.6) is 11.6 Å². The zero-order valence-corrected chi connectivity index (χ0v) is 13.5. The van der Waals surface area contributed by atoms with Crippen LogP contribution in [0.25, 0.3) is 0 Å². The van der Waals surface area contributed by atoms with E-state index in [-0.39, 0.29) is 0 Å². The van der Waals surface area contributed by atoms with E-state index in [4.69, 9.17) is 16.3 Å². The van der Waals surface area contributed by atoms with Gasteiger partial charge in [-0.3, -0.25) is 0 Å². The molecule has 2 rings (SSSR count). The van der Waals surface area contributed by atoms with E-state index < -0.39 is 0 Å². The SMILES string of the molecule is CCCNCc1cc(Oc2cc(C)cc(C)c2)ncc1Cl. The van der Waals surface area contributed by atoms with Crippen molar-refractivity contribution in [2.75, 3.05) is 6.54 Å². The molecule has 0 spiro atoms. The molecular formula is C17H21ClN2O. The maximum absolute atomic E-state index is 6.17. The third-order valence-electron chi connectivity index (χ3n) is 3.07. The fourth-order valence-corrected chi connectivity index (χ4v) is 2.33. The number of pyridine rings is 1. The van der Waals surface area contributed by atoms with Gasteiger partial charge in [0.05, 0.1) is 5.02 Å². The summed E-state index contributed by atoms with van der Waals surface area (Å²) in [4.78, 5) is 4.24. The number of ether oxygens (including phenoxy) is 1. The normalized spacial score (nSPS) is 10.7. The molecule has 0 unspecified atom stereocenters. The first-order valence-corrected chi connectivity index (χ1v) is 7.57. The van der Waals surface area contributed by atoms with Crippen molar-refractivity contribution < 1.29 is 4.74 Å². The second kappa shape index (κ2) is 7.43. The Morgan fingerprint density at radius 3 is 2.52 bits per heavy atom. The summed E-state index contributed by atoms with van der Waals surface area (Å²) < 4.78 is 5.84. The van der Waals surface area contributed by atoms with Crippen LogP contribution < -0.4 is 10.1 Å². The van der Waals surface area contributed by atoms with Crippen molar-refractivity contribution in [2.24, 2.45) is 0 Å². The first kappa shape index (κ1) is 15.8. The minimum atomic E-state index is 0.567. The number of benzene rings is 1. The van der Waals surface area contributed by atoms with E-state index in [1.807, 2.05) is 18.2 Å². The van der Waals surface area contributed by atoms with Crippen LogP contribution in [-0.4, -0.2) is 11.5 Å². The Morgan fingerprint density at radius 2 is 1.86 bits per heavy atom. The van der Waals surface area contributed by atoms with Gasteiger partial charge >= 0.3 is 0 Å². The molecule has 0 aliphatic rings. The molecule has 0 bridgehead atoms. The summed E-state index contributed by atoms with van der Waals surface area (Å²) in [5.41, 5.74) is 3.34. The Labute approximate surface area is 131 Å². The van der Waals surface area contributed by atoms with Crippen molar-refractivity contribution in [1.29, 1.82) is 0 Å². The van der Waals surface area contributed by atoms with Crippen molar-refractivity contribution in [2.45, 2.75) is 33.7 Å². The lowest BCUT2D eigenvalue weighted by atomic mass is 10.1. The Balaban J connectivity index is 2.14. The van der Waals surface area contributed by atoms with Gasteiger partial charge in [0.25, 0.3) is 0 Å². The van der Waals surface area contributed by atoms with Crippen molar-refractivity contribution in [3.8, 4) is 11.6 Å². The van der Waals surface area contributed by atoms with Gasteiger partial charge in [-0.1, -0.05) is 24.6 Å². The first-order valence-electron chi connectivity index (χ1n) is 7.19. The minimum Gasteiger partial charge on any atom is -0.439 e. The molecule has 21 heavy (non-hydrogen) atoms. The lowest BCUT2D eigenvalue weighted by Crippen LogP contribution is -2.14. The quantitative estimate of drug-likeness (QED) is 0.789. The molecule has 1 N–H and O–H groups in total. The van der Waals surface area contributed by atoms with Crippen LogP contribution in [0, 0.1) is 13.8 Å². The number of halogens is 1. The number of nitrogens with zero attached hydrogens (tertiary/aromatic N) is 1. The van der Waals surface area contributed by atoms with E-state index >= 15 is 0 Å². The summed E-state index contributed by atoms with van der Waals surface area (Å²) in [5, 5.41) is 3.99. The molecule has 3 nitrogen and oxygen atoms in total. The fourth-order valence-electron chi connectivity index (χ4n) is 2.16. The molecule has 112 valence electrons. The summed E-state index contributed by atoms with van der Waals surface area (Å²) >= 11 is 6.17. The highest BCUT2D eigenvalue weighted by Gasteiger charge is 2.06. The minimum absolute atomic E-state index is 0.567.